The van der Waals surface area contributed by atoms with Crippen LogP contribution in [-0.4, -0.2) is 23.4 Å². The number of sulfonamides is 2. The lowest BCUT2D eigenvalue weighted by atomic mass is 10.1. The Morgan fingerprint density at radius 2 is 1.90 bits per heavy atom. The maximum absolute atomic E-state index is 13.7. The fourth-order valence-corrected chi connectivity index (χ4v) is 3.10. The van der Waals surface area contributed by atoms with Gasteiger partial charge >= 0.3 is 0 Å². The fourth-order valence-electron chi connectivity index (χ4n) is 1.35. The first kappa shape index (κ1) is 17.0. The molecule has 0 amide bonds. The number of nitrogens with two attached hydrogens (primary N) is 1. The third kappa shape index (κ3) is 4.23. The van der Waals surface area contributed by atoms with Crippen molar-refractivity contribution in [2.45, 2.75) is 30.1 Å². The van der Waals surface area contributed by atoms with Gasteiger partial charge in [0.15, 0.2) is 0 Å². The van der Waals surface area contributed by atoms with E-state index in [-0.39, 0.29) is 12.5 Å². The lowest BCUT2D eigenvalue weighted by molar-refractivity contribution is 0.520. The van der Waals surface area contributed by atoms with E-state index in [0.29, 0.717) is 6.07 Å². The first-order chi connectivity index (χ1) is 9.08. The van der Waals surface area contributed by atoms with Crippen LogP contribution in [0.25, 0.3) is 0 Å². The molecule has 20 heavy (non-hydrogen) atoms. The number of primary sulfonamides is 1. The summed E-state index contributed by atoms with van der Waals surface area (Å²) >= 11 is 0. The summed E-state index contributed by atoms with van der Waals surface area (Å²) in [5.74, 6) is -1.05. The van der Waals surface area contributed by atoms with E-state index in [1.807, 2.05) is 13.8 Å². The molecule has 0 aliphatic rings. The molecule has 0 saturated carbocycles. The first-order valence-electron chi connectivity index (χ1n) is 5.90. The topological polar surface area (TPSA) is 106 Å². The van der Waals surface area contributed by atoms with Crippen molar-refractivity contribution in [1.29, 1.82) is 0 Å². The van der Waals surface area contributed by atoms with Gasteiger partial charge in [-0.05, 0) is 24.1 Å². The number of benzene rings is 1. The molecule has 1 atom stereocenters. The molecule has 0 aliphatic carbocycles. The SMILES string of the molecule is CCC(C)CNS(=O)(=O)c1ccc(S(N)(=O)=O)cc1F. The Morgan fingerprint density at radius 3 is 2.35 bits per heavy atom. The molecule has 0 spiro atoms. The van der Waals surface area contributed by atoms with Crippen molar-refractivity contribution in [1.82, 2.24) is 4.72 Å². The van der Waals surface area contributed by atoms with Crippen LogP contribution in [0.15, 0.2) is 28.0 Å². The largest absolute Gasteiger partial charge is 0.243 e. The van der Waals surface area contributed by atoms with Gasteiger partial charge in [0, 0.05) is 6.54 Å². The van der Waals surface area contributed by atoms with Crippen LogP contribution in [0.4, 0.5) is 4.39 Å². The van der Waals surface area contributed by atoms with Crippen molar-refractivity contribution in [2.24, 2.45) is 11.1 Å². The van der Waals surface area contributed by atoms with Crippen LogP contribution < -0.4 is 9.86 Å². The van der Waals surface area contributed by atoms with Crippen molar-refractivity contribution >= 4 is 20.0 Å². The standard InChI is InChI=1S/C11H17FN2O4S2/c1-3-8(2)7-14-20(17,18)11-5-4-9(6-10(11)12)19(13,15)16/h4-6,8,14H,3,7H2,1-2H3,(H2,13,15,16). The third-order valence-electron chi connectivity index (χ3n) is 2.84. The van der Waals surface area contributed by atoms with Gasteiger partial charge in [0.2, 0.25) is 20.0 Å². The second kappa shape index (κ2) is 6.17. The predicted molar refractivity (Wildman–Crippen MR) is 72.4 cm³/mol. The summed E-state index contributed by atoms with van der Waals surface area (Å²) in [5, 5.41) is 4.84. The zero-order valence-electron chi connectivity index (χ0n) is 11.1. The van der Waals surface area contributed by atoms with E-state index in [9.17, 15) is 21.2 Å². The smallest absolute Gasteiger partial charge is 0.225 e. The lowest BCUT2D eigenvalue weighted by Crippen LogP contribution is -2.29. The minimum Gasteiger partial charge on any atom is -0.225 e. The van der Waals surface area contributed by atoms with E-state index in [2.05, 4.69) is 4.72 Å². The van der Waals surface area contributed by atoms with Crippen molar-refractivity contribution < 1.29 is 21.2 Å². The van der Waals surface area contributed by atoms with E-state index in [0.717, 1.165) is 18.6 Å². The number of hydrogen-bond acceptors (Lipinski definition) is 4. The Labute approximate surface area is 118 Å². The van der Waals surface area contributed by atoms with Crippen molar-refractivity contribution in [3.05, 3.63) is 24.0 Å². The normalized spacial score (nSPS) is 14.2. The van der Waals surface area contributed by atoms with Crippen LogP contribution in [0.2, 0.25) is 0 Å². The van der Waals surface area contributed by atoms with Crippen LogP contribution in [-0.2, 0) is 20.0 Å². The quantitative estimate of drug-likeness (QED) is 0.807. The second-order valence-electron chi connectivity index (χ2n) is 4.50. The number of rotatable bonds is 6. The highest BCUT2D eigenvalue weighted by Crippen LogP contribution is 2.18. The summed E-state index contributed by atoms with van der Waals surface area (Å²) in [6.45, 7) is 3.93. The number of nitrogens with one attached hydrogen (secondary N) is 1. The maximum Gasteiger partial charge on any atom is 0.243 e. The highest BCUT2D eigenvalue weighted by atomic mass is 32.2. The van der Waals surface area contributed by atoms with E-state index >= 15 is 0 Å². The van der Waals surface area contributed by atoms with Crippen molar-refractivity contribution in [3.8, 4) is 0 Å². The van der Waals surface area contributed by atoms with Gasteiger partial charge in [-0.2, -0.15) is 0 Å². The molecular weight excluding hydrogens is 307 g/mol. The zero-order chi connectivity index (χ0) is 15.6. The molecule has 1 aromatic carbocycles. The second-order valence-corrected chi connectivity index (χ2v) is 7.80. The summed E-state index contributed by atoms with van der Waals surface area (Å²) in [5.41, 5.74) is 0. The van der Waals surface area contributed by atoms with Gasteiger partial charge in [-0.25, -0.2) is 31.1 Å². The van der Waals surface area contributed by atoms with Crippen molar-refractivity contribution in [3.63, 3.8) is 0 Å². The molecule has 6 nitrogen and oxygen atoms in total. The maximum atomic E-state index is 13.7. The summed E-state index contributed by atoms with van der Waals surface area (Å²) in [7, 11) is -8.09. The molecule has 0 heterocycles. The van der Waals surface area contributed by atoms with E-state index in [1.54, 1.807) is 0 Å². The lowest BCUT2D eigenvalue weighted by Gasteiger charge is -2.11. The van der Waals surface area contributed by atoms with Crippen LogP contribution in [0, 0.1) is 11.7 Å². The van der Waals surface area contributed by atoms with Gasteiger partial charge in [-0.15, -0.1) is 0 Å². The highest BCUT2D eigenvalue weighted by molar-refractivity contribution is 7.89. The molecule has 9 heteroatoms. The minimum absolute atomic E-state index is 0.108. The summed E-state index contributed by atoms with van der Waals surface area (Å²) in [4.78, 5) is -1.08. The molecule has 0 radical (unpaired) electrons. The molecule has 0 saturated heterocycles. The Bertz CT molecular complexity index is 686. The molecule has 3 N–H and O–H groups in total. The average molecular weight is 324 g/mol. The van der Waals surface area contributed by atoms with E-state index in [1.165, 1.54) is 0 Å². The Kier molecular flexibility index (Phi) is 5.25. The Hall–Kier alpha value is -1.03. The number of halogens is 1. The van der Waals surface area contributed by atoms with Gasteiger partial charge < -0.3 is 0 Å². The Morgan fingerprint density at radius 1 is 1.30 bits per heavy atom. The Balaban J connectivity index is 3.08. The van der Waals surface area contributed by atoms with Gasteiger partial charge in [0.1, 0.15) is 10.7 Å². The van der Waals surface area contributed by atoms with Crippen LogP contribution in [0.3, 0.4) is 0 Å². The number of hydrogen-bond donors (Lipinski definition) is 2. The van der Waals surface area contributed by atoms with E-state index < -0.39 is 35.7 Å². The monoisotopic (exact) mass is 324 g/mol. The van der Waals surface area contributed by atoms with Crippen molar-refractivity contribution in [2.75, 3.05) is 6.54 Å². The predicted octanol–water partition coefficient (Wildman–Crippen LogP) is 0.798. The molecule has 0 fully saturated rings. The van der Waals surface area contributed by atoms with Crippen LogP contribution in [0.1, 0.15) is 20.3 Å². The van der Waals surface area contributed by atoms with Crippen LogP contribution in [0.5, 0.6) is 0 Å². The van der Waals surface area contributed by atoms with Gasteiger partial charge in [-0.3, -0.25) is 0 Å². The van der Waals surface area contributed by atoms with Gasteiger partial charge in [-0.1, -0.05) is 20.3 Å². The average Bonchev–Trinajstić information content (AvgIpc) is 2.34. The molecule has 0 bridgehead atoms. The summed E-state index contributed by atoms with van der Waals surface area (Å²) < 4.78 is 61.9. The molecule has 0 aliphatic heterocycles. The summed E-state index contributed by atoms with van der Waals surface area (Å²) in [6.07, 6.45) is 0.773. The highest BCUT2D eigenvalue weighted by Gasteiger charge is 2.21. The molecule has 0 aromatic heterocycles. The zero-order valence-corrected chi connectivity index (χ0v) is 12.8. The minimum atomic E-state index is -4.07. The summed E-state index contributed by atoms with van der Waals surface area (Å²) in [6, 6.07) is 2.43. The fraction of sp³-hybridized carbons (Fsp3) is 0.455. The molecule has 1 rings (SSSR count). The first-order valence-corrected chi connectivity index (χ1v) is 8.93. The van der Waals surface area contributed by atoms with Crippen LogP contribution >= 0.6 is 0 Å². The molecular formula is C11H17FN2O4S2. The van der Waals surface area contributed by atoms with Gasteiger partial charge in [0.05, 0.1) is 4.90 Å². The molecule has 1 aromatic rings. The molecule has 114 valence electrons. The van der Waals surface area contributed by atoms with E-state index in [4.69, 9.17) is 5.14 Å². The van der Waals surface area contributed by atoms with Gasteiger partial charge in [0.25, 0.3) is 0 Å². The molecule has 1 unspecified atom stereocenters. The third-order valence-corrected chi connectivity index (χ3v) is 5.21.